The minimum Gasteiger partial charge on any atom is -0.510 e. The molecule has 4 heterocycles. The first kappa shape index (κ1) is 36.5. The number of aromatic nitrogens is 4. The van der Waals surface area contributed by atoms with E-state index in [1.165, 1.54) is 50.1 Å². The summed E-state index contributed by atoms with van der Waals surface area (Å²) >= 11 is 0. The van der Waals surface area contributed by atoms with Crippen LogP contribution < -0.4 is 9.30 Å². The monoisotopic (exact) mass is 973 g/mol. The molecular weight excluding hydrogens is 940 g/mol. The average molecular weight is 974 g/mol. The van der Waals surface area contributed by atoms with Crippen molar-refractivity contribution in [3.63, 3.8) is 0 Å². The Morgan fingerprint density at radius 3 is 1.89 bits per heavy atom. The van der Waals surface area contributed by atoms with Crippen LogP contribution in [0.1, 0.15) is 22.3 Å². The number of aryl methyl sites for hydroxylation is 1. The number of rotatable bonds is 5. The van der Waals surface area contributed by atoms with Crippen LogP contribution in [0.15, 0.2) is 188 Å². The van der Waals surface area contributed by atoms with E-state index in [4.69, 9.17) is 9.72 Å². The Kier molecular flexibility index (Phi) is 8.16. The number of nitrogens with zero attached hydrogens (tertiary/aromatic N) is 4. The summed E-state index contributed by atoms with van der Waals surface area (Å²) in [6.45, 7) is 0. The Morgan fingerprint density at radius 1 is 0.548 bits per heavy atom. The van der Waals surface area contributed by atoms with Crippen LogP contribution in [0.25, 0.3) is 77.7 Å². The van der Waals surface area contributed by atoms with Gasteiger partial charge in [0, 0.05) is 49.7 Å². The number of para-hydroxylation sites is 2. The fourth-order valence-corrected chi connectivity index (χ4v) is 10.4. The summed E-state index contributed by atoms with van der Waals surface area (Å²) in [6.07, 6.45) is 5.51. The maximum atomic E-state index is 6.83. The topological polar surface area (TPSA) is 35.9 Å². The van der Waals surface area contributed by atoms with Gasteiger partial charge in [-0.05, 0) is 73.7 Å². The molecule has 13 rings (SSSR count). The first-order valence-corrected chi connectivity index (χ1v) is 20.6. The van der Waals surface area contributed by atoms with Crippen molar-refractivity contribution in [2.75, 3.05) is 0 Å². The molecule has 1 aliphatic heterocycles. The van der Waals surface area contributed by atoms with Gasteiger partial charge >= 0.3 is 0 Å². The van der Waals surface area contributed by atoms with Crippen LogP contribution in [0.5, 0.6) is 11.5 Å². The standard InChI is InChI=1S/C56H34N4O.Pt/c1-58-35-59-51-34-39(61-38-28-30-43-42-19-8-9-25-48(42)60(50(43)33-38)52-27-10-11-32-57-52)29-31-46(51)56(47-24-14-26-49(58)55(47)59)53-40(36-15-4-2-5-16-36)20-12-22-44(53)45-23-13-21-41(54(45)56)37-17-6-3-7-18-37;/h2-32H,1H3;/q-2;. The van der Waals surface area contributed by atoms with Gasteiger partial charge in [0.15, 0.2) is 0 Å². The summed E-state index contributed by atoms with van der Waals surface area (Å²) in [5.74, 6) is 2.01. The molecule has 0 unspecified atom stereocenters. The van der Waals surface area contributed by atoms with Gasteiger partial charge in [-0.15, -0.1) is 35.2 Å². The van der Waals surface area contributed by atoms with Crippen LogP contribution in [0, 0.1) is 18.5 Å². The summed E-state index contributed by atoms with van der Waals surface area (Å²) < 4.78 is 13.3. The van der Waals surface area contributed by atoms with E-state index in [9.17, 15) is 0 Å². The zero-order valence-electron chi connectivity index (χ0n) is 33.4. The third-order valence-corrected chi connectivity index (χ3v) is 12.8. The van der Waals surface area contributed by atoms with Crippen LogP contribution in [-0.2, 0) is 33.5 Å². The smallest absolute Gasteiger partial charge is 0.242 e. The second-order valence-electron chi connectivity index (χ2n) is 15.9. The Balaban J connectivity index is 0.00000410. The Bertz CT molecular complexity index is 3490. The minimum atomic E-state index is -0.725. The number of imidazole rings is 1. The molecule has 0 atom stereocenters. The predicted molar refractivity (Wildman–Crippen MR) is 241 cm³/mol. The molecule has 0 bridgehead atoms. The van der Waals surface area contributed by atoms with Crippen molar-refractivity contribution in [1.29, 1.82) is 0 Å². The van der Waals surface area contributed by atoms with E-state index in [0.717, 1.165) is 49.9 Å². The first-order chi connectivity index (χ1) is 30.2. The zero-order chi connectivity index (χ0) is 40.2. The van der Waals surface area contributed by atoms with Gasteiger partial charge in [0.2, 0.25) is 6.33 Å². The van der Waals surface area contributed by atoms with Gasteiger partial charge in [-0.1, -0.05) is 151 Å². The van der Waals surface area contributed by atoms with E-state index in [1.807, 2.05) is 30.5 Å². The molecule has 1 aliphatic carbocycles. The third kappa shape index (κ3) is 5.00. The second kappa shape index (κ2) is 13.9. The van der Waals surface area contributed by atoms with E-state index in [-0.39, 0.29) is 21.1 Å². The fourth-order valence-electron chi connectivity index (χ4n) is 10.4. The number of fused-ring (bicyclic) bond motifs is 12. The van der Waals surface area contributed by atoms with Crippen molar-refractivity contribution in [2.45, 2.75) is 5.41 Å². The Labute approximate surface area is 373 Å². The molecule has 296 valence electrons. The van der Waals surface area contributed by atoms with Crippen LogP contribution in [-0.4, -0.2) is 14.1 Å². The molecule has 2 aliphatic rings. The van der Waals surface area contributed by atoms with Crippen molar-refractivity contribution in [1.82, 2.24) is 14.1 Å². The molecule has 0 N–H and O–H groups in total. The molecule has 0 radical (unpaired) electrons. The maximum Gasteiger partial charge on any atom is 0.242 e. The SMILES string of the molecule is C[n+]1[c-]n2c3c(cccc31)C1(c3ccc(Oc4[c-]c5c(cc4)c4ccccc4n5-c4ccccn4)[c-]c3-2)c2c(-c3ccccc3)cccc2-c2cccc(-c3ccccc3)c21.[Pt]. The molecule has 5 nitrogen and oxygen atoms in total. The zero-order valence-corrected chi connectivity index (χ0v) is 35.7. The molecule has 0 saturated heterocycles. The summed E-state index contributed by atoms with van der Waals surface area (Å²) in [7, 11) is 2.08. The Hall–Kier alpha value is -7.33. The minimum absolute atomic E-state index is 0. The van der Waals surface area contributed by atoms with Crippen LogP contribution in [0.2, 0.25) is 0 Å². The predicted octanol–water partition coefficient (Wildman–Crippen LogP) is 12.1. The van der Waals surface area contributed by atoms with E-state index >= 15 is 0 Å². The van der Waals surface area contributed by atoms with Crippen molar-refractivity contribution in [2.24, 2.45) is 7.05 Å². The number of hydrogen-bond acceptors (Lipinski definition) is 2. The first-order valence-electron chi connectivity index (χ1n) is 20.6. The van der Waals surface area contributed by atoms with Crippen LogP contribution >= 0.6 is 0 Å². The molecule has 62 heavy (non-hydrogen) atoms. The van der Waals surface area contributed by atoms with Crippen molar-refractivity contribution < 1.29 is 30.4 Å². The van der Waals surface area contributed by atoms with Gasteiger partial charge in [-0.3, -0.25) is 0 Å². The van der Waals surface area contributed by atoms with E-state index in [2.05, 4.69) is 197 Å². The molecule has 11 aromatic rings. The van der Waals surface area contributed by atoms with Gasteiger partial charge < -0.3 is 18.4 Å². The van der Waals surface area contributed by atoms with Crippen molar-refractivity contribution in [3.8, 4) is 56.4 Å². The molecule has 0 saturated carbocycles. The van der Waals surface area contributed by atoms with Gasteiger partial charge in [0.25, 0.3) is 0 Å². The van der Waals surface area contributed by atoms with Crippen LogP contribution in [0.4, 0.5) is 0 Å². The van der Waals surface area contributed by atoms with Gasteiger partial charge in [0.05, 0.1) is 18.1 Å². The number of pyridine rings is 1. The second-order valence-corrected chi connectivity index (χ2v) is 15.9. The Morgan fingerprint density at radius 2 is 1.18 bits per heavy atom. The number of ether oxygens (including phenoxy) is 1. The van der Waals surface area contributed by atoms with Crippen LogP contribution in [0.3, 0.4) is 0 Å². The third-order valence-electron chi connectivity index (χ3n) is 12.8. The fraction of sp³-hybridized carbons (Fsp3) is 0.0357. The molecule has 0 amide bonds. The number of hydrogen-bond donors (Lipinski definition) is 0. The van der Waals surface area contributed by atoms with Crippen molar-refractivity contribution >= 4 is 32.8 Å². The number of benzene rings is 8. The molecule has 3 aromatic heterocycles. The van der Waals surface area contributed by atoms with E-state index in [1.54, 1.807) is 0 Å². The summed E-state index contributed by atoms with van der Waals surface area (Å²) in [5.41, 5.74) is 16.4. The molecule has 0 fully saturated rings. The normalized spacial score (nSPS) is 12.9. The van der Waals surface area contributed by atoms with Crippen molar-refractivity contribution in [3.05, 3.63) is 229 Å². The summed E-state index contributed by atoms with van der Waals surface area (Å²) in [6, 6.07) is 72.3. The quantitative estimate of drug-likeness (QED) is 0.127. The van der Waals surface area contributed by atoms with E-state index < -0.39 is 5.41 Å². The molecule has 8 aromatic carbocycles. The molecule has 6 heteroatoms. The maximum absolute atomic E-state index is 6.83. The van der Waals surface area contributed by atoms with Gasteiger partial charge in [0.1, 0.15) is 5.82 Å². The molecule has 1 spiro atoms. The average Bonchev–Trinajstić information content (AvgIpc) is 3.95. The largest absolute Gasteiger partial charge is 0.510 e. The molecular formula is C56H34N4OPt-2. The van der Waals surface area contributed by atoms with Gasteiger partial charge in [-0.25, -0.2) is 4.98 Å². The summed E-state index contributed by atoms with van der Waals surface area (Å²) in [5, 5.41) is 2.22. The summed E-state index contributed by atoms with van der Waals surface area (Å²) in [4.78, 5) is 4.73. The van der Waals surface area contributed by atoms with Gasteiger partial charge in [-0.2, -0.15) is 12.1 Å². The van der Waals surface area contributed by atoms with E-state index in [0.29, 0.717) is 11.5 Å².